The predicted molar refractivity (Wildman–Crippen MR) is 154 cm³/mol. The van der Waals surface area contributed by atoms with Crippen LogP contribution in [-0.4, -0.2) is 9.55 Å². The second kappa shape index (κ2) is 20.6. The van der Waals surface area contributed by atoms with Gasteiger partial charge >= 0.3 is 0 Å². The highest BCUT2D eigenvalue weighted by molar-refractivity contribution is 5.15. The van der Waals surface area contributed by atoms with Crippen LogP contribution in [0, 0.1) is 0 Å². The van der Waals surface area contributed by atoms with E-state index in [4.69, 9.17) is 4.98 Å². The molecule has 0 amide bonds. The molecule has 198 valence electrons. The number of nitrogens with zero attached hydrogens (tertiary/aromatic N) is 2. The average molecular weight is 481 g/mol. The number of hydrogen-bond acceptors (Lipinski definition) is 1. The molecule has 2 rings (SSSR count). The highest BCUT2D eigenvalue weighted by Gasteiger charge is 2.08. The highest BCUT2D eigenvalue weighted by Crippen LogP contribution is 2.15. The van der Waals surface area contributed by atoms with Crippen molar-refractivity contribution in [3.05, 3.63) is 53.6 Å². The van der Waals surface area contributed by atoms with E-state index in [1.54, 1.807) is 0 Å². The van der Waals surface area contributed by atoms with Crippen LogP contribution in [-0.2, 0) is 25.8 Å². The van der Waals surface area contributed by atoms with Crippen LogP contribution in [0.5, 0.6) is 0 Å². The van der Waals surface area contributed by atoms with Crippen LogP contribution in [0.15, 0.2) is 36.5 Å². The van der Waals surface area contributed by atoms with E-state index in [0.717, 1.165) is 25.8 Å². The van der Waals surface area contributed by atoms with E-state index >= 15 is 0 Å². The van der Waals surface area contributed by atoms with Crippen molar-refractivity contribution >= 4 is 0 Å². The van der Waals surface area contributed by atoms with Crippen molar-refractivity contribution in [2.75, 3.05) is 0 Å². The molecule has 0 aliphatic carbocycles. The van der Waals surface area contributed by atoms with Crippen LogP contribution in [0.3, 0.4) is 0 Å². The summed E-state index contributed by atoms with van der Waals surface area (Å²) in [5.41, 5.74) is 2.74. The van der Waals surface area contributed by atoms with Gasteiger partial charge in [-0.05, 0) is 37.7 Å². The zero-order valence-electron chi connectivity index (χ0n) is 23.4. The van der Waals surface area contributed by atoms with E-state index in [1.165, 1.54) is 133 Å². The fraction of sp³-hybridized carbons (Fsp3) is 0.727. The van der Waals surface area contributed by atoms with Crippen molar-refractivity contribution in [2.45, 2.75) is 155 Å². The molecule has 0 spiro atoms. The molecule has 1 aromatic heterocycles. The summed E-state index contributed by atoms with van der Waals surface area (Å²) < 4.78 is 2.48. The van der Waals surface area contributed by atoms with Gasteiger partial charge in [0.1, 0.15) is 5.82 Å². The predicted octanol–water partition coefficient (Wildman–Crippen LogP) is 10.3. The SMILES string of the molecule is CCCCCCCCCCCCCCCCCn1cc(CCCc2ccccc2)nc1CCCC. The molecule has 35 heavy (non-hydrogen) atoms. The molecule has 0 N–H and O–H groups in total. The Labute approximate surface area is 218 Å². The Kier molecular flexibility index (Phi) is 17.5. The van der Waals surface area contributed by atoms with E-state index in [2.05, 4.69) is 54.9 Å². The molecule has 1 heterocycles. The maximum Gasteiger partial charge on any atom is 0.108 e. The van der Waals surface area contributed by atoms with Gasteiger partial charge in [-0.25, -0.2) is 4.98 Å². The van der Waals surface area contributed by atoms with E-state index < -0.39 is 0 Å². The first-order valence-corrected chi connectivity index (χ1v) is 15.4. The molecule has 0 aliphatic rings. The summed E-state index contributed by atoms with van der Waals surface area (Å²) >= 11 is 0. The number of aromatic nitrogens is 2. The third-order valence-electron chi connectivity index (χ3n) is 7.41. The van der Waals surface area contributed by atoms with Gasteiger partial charge in [-0.2, -0.15) is 0 Å². The van der Waals surface area contributed by atoms with Crippen LogP contribution in [0.4, 0.5) is 0 Å². The van der Waals surface area contributed by atoms with Crippen LogP contribution in [0.2, 0.25) is 0 Å². The summed E-state index contributed by atoms with van der Waals surface area (Å²) in [6, 6.07) is 10.9. The first kappa shape index (κ1) is 29.7. The number of hydrogen-bond donors (Lipinski definition) is 0. The minimum atomic E-state index is 1.10. The molecule has 2 nitrogen and oxygen atoms in total. The summed E-state index contributed by atoms with van der Waals surface area (Å²) in [5.74, 6) is 1.33. The molecule has 0 saturated heterocycles. The summed E-state index contributed by atoms with van der Waals surface area (Å²) in [6.45, 7) is 5.74. The smallest absolute Gasteiger partial charge is 0.108 e. The van der Waals surface area contributed by atoms with Crippen molar-refractivity contribution in [2.24, 2.45) is 0 Å². The molecule has 0 unspecified atom stereocenters. The van der Waals surface area contributed by atoms with Crippen LogP contribution < -0.4 is 0 Å². The van der Waals surface area contributed by atoms with Gasteiger partial charge in [0, 0.05) is 19.2 Å². The number of unbranched alkanes of at least 4 members (excludes halogenated alkanes) is 15. The zero-order valence-corrected chi connectivity index (χ0v) is 23.4. The Morgan fingerprint density at radius 3 is 1.66 bits per heavy atom. The summed E-state index contributed by atoms with van der Waals surface area (Å²) in [5, 5.41) is 0. The van der Waals surface area contributed by atoms with Gasteiger partial charge in [-0.3, -0.25) is 0 Å². The molecule has 0 fully saturated rings. The quantitative estimate of drug-likeness (QED) is 0.145. The number of imidazole rings is 1. The fourth-order valence-corrected chi connectivity index (χ4v) is 5.13. The Morgan fingerprint density at radius 2 is 1.09 bits per heavy atom. The van der Waals surface area contributed by atoms with Gasteiger partial charge in [-0.15, -0.1) is 0 Å². The van der Waals surface area contributed by atoms with Crippen LogP contribution in [0.1, 0.15) is 147 Å². The van der Waals surface area contributed by atoms with E-state index in [9.17, 15) is 0 Å². The molecular formula is C33H56N2. The lowest BCUT2D eigenvalue weighted by atomic mass is 10.0. The molecule has 0 radical (unpaired) electrons. The molecule has 0 bridgehead atoms. The maximum atomic E-state index is 5.03. The largest absolute Gasteiger partial charge is 0.335 e. The minimum absolute atomic E-state index is 1.10. The fourth-order valence-electron chi connectivity index (χ4n) is 5.13. The molecule has 0 aliphatic heterocycles. The van der Waals surface area contributed by atoms with Crippen molar-refractivity contribution in [1.29, 1.82) is 0 Å². The number of rotatable bonds is 23. The number of aryl methyl sites for hydroxylation is 4. The van der Waals surface area contributed by atoms with Crippen molar-refractivity contribution in [1.82, 2.24) is 9.55 Å². The third-order valence-corrected chi connectivity index (χ3v) is 7.41. The molecular weight excluding hydrogens is 424 g/mol. The average Bonchev–Trinajstić information content (AvgIpc) is 3.27. The normalized spacial score (nSPS) is 11.4. The monoisotopic (exact) mass is 480 g/mol. The van der Waals surface area contributed by atoms with Gasteiger partial charge in [-0.1, -0.05) is 140 Å². The van der Waals surface area contributed by atoms with Gasteiger partial charge in [0.25, 0.3) is 0 Å². The van der Waals surface area contributed by atoms with Crippen molar-refractivity contribution in [3.8, 4) is 0 Å². The number of benzene rings is 1. The lowest BCUT2D eigenvalue weighted by Gasteiger charge is -2.07. The van der Waals surface area contributed by atoms with Crippen molar-refractivity contribution < 1.29 is 0 Å². The topological polar surface area (TPSA) is 17.8 Å². The van der Waals surface area contributed by atoms with Gasteiger partial charge in [0.2, 0.25) is 0 Å². The summed E-state index contributed by atoms with van der Waals surface area (Å²) in [6.07, 6.45) is 30.8. The first-order valence-electron chi connectivity index (χ1n) is 15.4. The minimum Gasteiger partial charge on any atom is -0.335 e. The van der Waals surface area contributed by atoms with Crippen LogP contribution in [0.25, 0.3) is 0 Å². The van der Waals surface area contributed by atoms with Gasteiger partial charge in [0.15, 0.2) is 0 Å². The summed E-state index contributed by atoms with van der Waals surface area (Å²) in [7, 11) is 0. The molecule has 2 heteroatoms. The Bertz CT molecular complexity index is 718. The Morgan fingerprint density at radius 1 is 0.543 bits per heavy atom. The van der Waals surface area contributed by atoms with Gasteiger partial charge in [0.05, 0.1) is 5.69 Å². The molecule has 2 aromatic rings. The standard InChI is InChI=1S/C33H56N2/c1-3-5-7-8-9-10-11-12-13-14-15-16-17-18-22-29-35-30-32(34-33(35)28-6-4-2)27-23-26-31-24-20-19-21-25-31/h19-21,24-25,30H,3-18,22-23,26-29H2,1-2H3. The van der Waals surface area contributed by atoms with E-state index in [1.807, 2.05) is 0 Å². The third kappa shape index (κ3) is 14.6. The Balaban J connectivity index is 1.52. The van der Waals surface area contributed by atoms with Crippen LogP contribution >= 0.6 is 0 Å². The second-order valence-electron chi connectivity index (χ2n) is 10.7. The maximum absolute atomic E-state index is 5.03. The summed E-state index contributed by atoms with van der Waals surface area (Å²) in [4.78, 5) is 5.03. The zero-order chi connectivity index (χ0) is 24.8. The molecule has 0 atom stereocenters. The lowest BCUT2D eigenvalue weighted by Crippen LogP contribution is -2.03. The van der Waals surface area contributed by atoms with Crippen molar-refractivity contribution in [3.63, 3.8) is 0 Å². The van der Waals surface area contributed by atoms with E-state index in [-0.39, 0.29) is 0 Å². The van der Waals surface area contributed by atoms with Gasteiger partial charge < -0.3 is 4.57 Å². The Hall–Kier alpha value is -1.57. The second-order valence-corrected chi connectivity index (χ2v) is 10.7. The van der Waals surface area contributed by atoms with E-state index in [0.29, 0.717) is 0 Å². The highest BCUT2D eigenvalue weighted by atomic mass is 15.1. The lowest BCUT2D eigenvalue weighted by molar-refractivity contribution is 0.517. The molecule has 0 saturated carbocycles. The molecule has 1 aromatic carbocycles. The first-order chi connectivity index (χ1) is 17.3.